The summed E-state index contributed by atoms with van der Waals surface area (Å²) in [6.07, 6.45) is 2.76. The van der Waals surface area contributed by atoms with Crippen LogP contribution >= 0.6 is 12.2 Å². The normalized spacial score (nSPS) is 18.0. The zero-order chi connectivity index (χ0) is 23.5. The maximum absolute atomic E-state index is 5.79. The molecule has 0 amide bonds. The number of anilines is 1. The van der Waals surface area contributed by atoms with Crippen molar-refractivity contribution < 1.29 is 4.74 Å². The molecule has 0 radical (unpaired) electrons. The highest BCUT2D eigenvalue weighted by atomic mass is 32.1. The van der Waals surface area contributed by atoms with E-state index in [9.17, 15) is 0 Å². The van der Waals surface area contributed by atoms with Crippen molar-refractivity contribution >= 4 is 23.0 Å². The number of thiocarbonyl (C=S) groups is 1. The number of hydrogen-bond acceptors (Lipinski definition) is 4. The second-order valence-corrected chi connectivity index (χ2v) is 9.13. The fourth-order valence-electron chi connectivity index (χ4n) is 4.75. The van der Waals surface area contributed by atoms with Gasteiger partial charge in [0.05, 0.1) is 17.8 Å². The Bertz CT molecular complexity index is 1090. The minimum Gasteiger partial charge on any atom is -0.385 e. The molecule has 1 aliphatic rings. The van der Waals surface area contributed by atoms with E-state index in [4.69, 9.17) is 17.0 Å². The number of rotatable bonds is 8. The predicted octanol–water partition coefficient (Wildman–Crippen LogP) is 4.56. The van der Waals surface area contributed by atoms with Crippen molar-refractivity contribution in [1.82, 2.24) is 19.8 Å². The molecule has 33 heavy (non-hydrogen) atoms. The van der Waals surface area contributed by atoms with E-state index in [2.05, 4.69) is 89.0 Å². The molecule has 1 N–H and O–H groups in total. The molecule has 1 aromatic carbocycles. The van der Waals surface area contributed by atoms with Gasteiger partial charge in [0.2, 0.25) is 0 Å². The third-order valence-corrected chi connectivity index (χ3v) is 6.71. The summed E-state index contributed by atoms with van der Waals surface area (Å²) in [5, 5.41) is 4.32. The number of pyridine rings is 1. The molecule has 0 bridgehead atoms. The van der Waals surface area contributed by atoms with Crippen LogP contribution in [0.3, 0.4) is 0 Å². The van der Waals surface area contributed by atoms with Crippen LogP contribution in [0.5, 0.6) is 0 Å². The summed E-state index contributed by atoms with van der Waals surface area (Å²) in [5.41, 5.74) is 7.04. The molecule has 1 saturated heterocycles. The summed E-state index contributed by atoms with van der Waals surface area (Å²) in [4.78, 5) is 9.08. The van der Waals surface area contributed by atoms with Crippen LogP contribution in [-0.2, 0) is 4.74 Å². The van der Waals surface area contributed by atoms with Crippen molar-refractivity contribution in [3.63, 3.8) is 0 Å². The molecule has 174 valence electrons. The predicted molar refractivity (Wildman–Crippen MR) is 138 cm³/mol. The fraction of sp³-hybridized carbons (Fsp3) is 0.385. The molecule has 0 saturated carbocycles. The lowest BCUT2D eigenvalue weighted by molar-refractivity contribution is 0.180. The number of ether oxygens (including phenoxy) is 1. The lowest BCUT2D eigenvalue weighted by Gasteiger charge is -2.28. The van der Waals surface area contributed by atoms with E-state index < -0.39 is 0 Å². The van der Waals surface area contributed by atoms with Gasteiger partial charge in [-0.15, -0.1) is 0 Å². The van der Waals surface area contributed by atoms with E-state index >= 15 is 0 Å². The lowest BCUT2D eigenvalue weighted by atomic mass is 9.96. The summed E-state index contributed by atoms with van der Waals surface area (Å²) in [6, 6.07) is 17.1. The first-order valence-corrected chi connectivity index (χ1v) is 11.8. The van der Waals surface area contributed by atoms with Gasteiger partial charge in [-0.1, -0.05) is 6.07 Å². The van der Waals surface area contributed by atoms with Crippen LogP contribution in [0, 0.1) is 13.8 Å². The molecular weight excluding hydrogens is 430 g/mol. The number of aryl methyl sites for hydroxylation is 1. The van der Waals surface area contributed by atoms with Gasteiger partial charge in [0.25, 0.3) is 0 Å². The molecule has 2 aromatic heterocycles. The van der Waals surface area contributed by atoms with E-state index in [1.165, 1.54) is 22.6 Å². The molecule has 2 atom stereocenters. The van der Waals surface area contributed by atoms with Crippen LogP contribution < -0.4 is 10.2 Å². The van der Waals surface area contributed by atoms with Crippen molar-refractivity contribution in [2.75, 3.05) is 39.3 Å². The van der Waals surface area contributed by atoms with E-state index in [0.29, 0.717) is 6.61 Å². The molecule has 0 spiro atoms. The third kappa shape index (κ3) is 4.61. The molecule has 3 heterocycles. The van der Waals surface area contributed by atoms with E-state index in [0.717, 1.165) is 29.5 Å². The second kappa shape index (κ2) is 9.93. The van der Waals surface area contributed by atoms with Crippen molar-refractivity contribution in [2.24, 2.45) is 0 Å². The zero-order valence-electron chi connectivity index (χ0n) is 20.1. The molecule has 6 nitrogen and oxygen atoms in total. The van der Waals surface area contributed by atoms with Crippen molar-refractivity contribution in [3.05, 3.63) is 77.4 Å². The van der Waals surface area contributed by atoms with Gasteiger partial charge in [0.15, 0.2) is 5.11 Å². The smallest absolute Gasteiger partial charge is 0.170 e. The summed E-state index contributed by atoms with van der Waals surface area (Å²) in [5.74, 6) is 0. The van der Waals surface area contributed by atoms with Gasteiger partial charge in [0, 0.05) is 63.3 Å². The standard InChI is InChI=1S/C26H33N5OS/c1-18-17-22(19(2)31(18)21-12-10-20(11-13-21)29(3)4)25-24(23-9-6-7-14-27-23)28-26(33)30(25)15-8-16-32-5/h6-7,9-14,17,24-25H,8,15-16H2,1-5H3,(H,28,33). The second-order valence-electron chi connectivity index (χ2n) is 8.74. The highest BCUT2D eigenvalue weighted by Gasteiger charge is 2.41. The number of nitrogens with zero attached hydrogens (tertiary/aromatic N) is 4. The number of methoxy groups -OCH3 is 1. The van der Waals surface area contributed by atoms with Crippen molar-refractivity contribution in [2.45, 2.75) is 32.4 Å². The lowest BCUT2D eigenvalue weighted by Crippen LogP contribution is -2.31. The van der Waals surface area contributed by atoms with E-state index in [1.807, 2.05) is 18.3 Å². The van der Waals surface area contributed by atoms with Gasteiger partial charge in [-0.2, -0.15) is 0 Å². The number of hydrogen-bond donors (Lipinski definition) is 1. The summed E-state index contributed by atoms with van der Waals surface area (Å²) >= 11 is 5.79. The van der Waals surface area contributed by atoms with Crippen molar-refractivity contribution in [3.8, 4) is 5.69 Å². The Morgan fingerprint density at radius 1 is 1.12 bits per heavy atom. The topological polar surface area (TPSA) is 45.6 Å². The monoisotopic (exact) mass is 463 g/mol. The van der Waals surface area contributed by atoms with E-state index in [1.54, 1.807) is 7.11 Å². The molecular formula is C26H33N5OS. The Morgan fingerprint density at radius 3 is 2.52 bits per heavy atom. The summed E-state index contributed by atoms with van der Waals surface area (Å²) in [7, 11) is 5.86. The minimum absolute atomic E-state index is 0.00804. The Hall–Kier alpha value is -2.90. The molecule has 7 heteroatoms. The third-order valence-electron chi connectivity index (χ3n) is 6.36. The van der Waals surface area contributed by atoms with Gasteiger partial charge in [-0.25, -0.2) is 0 Å². The first-order chi connectivity index (χ1) is 15.9. The van der Waals surface area contributed by atoms with Gasteiger partial charge in [-0.05, 0) is 80.5 Å². The largest absolute Gasteiger partial charge is 0.385 e. The Labute approximate surface area is 202 Å². The number of nitrogens with one attached hydrogen (secondary N) is 1. The first kappa shape index (κ1) is 23.3. The number of benzene rings is 1. The molecule has 3 aromatic rings. The van der Waals surface area contributed by atoms with Crippen LogP contribution in [0.2, 0.25) is 0 Å². The van der Waals surface area contributed by atoms with Gasteiger partial charge < -0.3 is 24.4 Å². The van der Waals surface area contributed by atoms with Gasteiger partial charge in [0.1, 0.15) is 0 Å². The first-order valence-electron chi connectivity index (χ1n) is 11.4. The van der Waals surface area contributed by atoms with Gasteiger partial charge in [-0.3, -0.25) is 4.98 Å². The molecule has 2 unspecified atom stereocenters. The quantitative estimate of drug-likeness (QED) is 0.390. The van der Waals surface area contributed by atoms with Crippen molar-refractivity contribution in [1.29, 1.82) is 0 Å². The van der Waals surface area contributed by atoms with Crippen LogP contribution in [-0.4, -0.2) is 53.9 Å². The molecule has 0 aliphatic carbocycles. The van der Waals surface area contributed by atoms with Crippen LogP contribution in [0.15, 0.2) is 54.7 Å². The Morgan fingerprint density at radius 2 is 1.88 bits per heavy atom. The SMILES string of the molecule is COCCCN1C(=S)NC(c2ccccn2)C1c1cc(C)n(-c2ccc(N(C)C)cc2)c1C. The van der Waals surface area contributed by atoms with Crippen LogP contribution in [0.4, 0.5) is 5.69 Å². The molecule has 1 fully saturated rings. The van der Waals surface area contributed by atoms with Crippen LogP contribution in [0.1, 0.15) is 41.1 Å². The summed E-state index contributed by atoms with van der Waals surface area (Å²) in [6.45, 7) is 5.90. The highest BCUT2D eigenvalue weighted by molar-refractivity contribution is 7.80. The maximum Gasteiger partial charge on any atom is 0.170 e. The Kier molecular flexibility index (Phi) is 7.00. The maximum atomic E-state index is 5.79. The van der Waals surface area contributed by atoms with E-state index in [-0.39, 0.29) is 12.1 Å². The average molecular weight is 464 g/mol. The zero-order valence-corrected chi connectivity index (χ0v) is 20.9. The van der Waals surface area contributed by atoms with Crippen LogP contribution in [0.25, 0.3) is 5.69 Å². The molecule has 4 rings (SSSR count). The minimum atomic E-state index is -0.00804. The molecule has 1 aliphatic heterocycles. The summed E-state index contributed by atoms with van der Waals surface area (Å²) < 4.78 is 7.64. The highest BCUT2D eigenvalue weighted by Crippen LogP contribution is 2.41. The fourth-order valence-corrected chi connectivity index (χ4v) is 5.08. The average Bonchev–Trinajstić information content (AvgIpc) is 3.29. The van der Waals surface area contributed by atoms with Gasteiger partial charge >= 0.3 is 0 Å². The number of aromatic nitrogens is 2. The Balaban J connectivity index is 1.76.